The third-order valence-electron chi connectivity index (χ3n) is 2.64. The number of benzene rings is 1. The number of halogens is 4. The van der Waals surface area contributed by atoms with Crippen LogP contribution < -0.4 is 5.32 Å². The Morgan fingerprint density at radius 1 is 1.32 bits per heavy atom. The molecule has 0 amide bonds. The van der Waals surface area contributed by atoms with E-state index in [4.69, 9.17) is 4.74 Å². The van der Waals surface area contributed by atoms with E-state index in [-0.39, 0.29) is 16.6 Å². The van der Waals surface area contributed by atoms with Crippen molar-refractivity contribution in [2.24, 2.45) is 0 Å². The van der Waals surface area contributed by atoms with Gasteiger partial charge in [-0.05, 0) is 38.6 Å². The Bertz CT molecular complexity index is 421. The van der Waals surface area contributed by atoms with Crippen molar-refractivity contribution in [1.82, 2.24) is 5.32 Å². The van der Waals surface area contributed by atoms with Gasteiger partial charge in [-0.3, -0.25) is 0 Å². The Hall–Kier alpha value is -0.590. The highest BCUT2D eigenvalue weighted by Gasteiger charge is 2.33. The molecule has 1 aromatic rings. The molecule has 1 aromatic carbocycles. The van der Waals surface area contributed by atoms with E-state index in [0.717, 1.165) is 6.07 Å². The predicted molar refractivity (Wildman–Crippen MR) is 72.0 cm³/mol. The molecule has 0 aliphatic carbocycles. The van der Waals surface area contributed by atoms with Crippen molar-refractivity contribution in [1.29, 1.82) is 0 Å². The summed E-state index contributed by atoms with van der Waals surface area (Å²) in [6.45, 7) is 4.10. The minimum atomic E-state index is -4.37. The zero-order chi connectivity index (χ0) is 14.6. The second-order valence-electron chi connectivity index (χ2n) is 4.46. The van der Waals surface area contributed by atoms with Crippen LogP contribution in [0.4, 0.5) is 13.2 Å². The van der Waals surface area contributed by atoms with Gasteiger partial charge >= 0.3 is 6.18 Å². The van der Waals surface area contributed by atoms with Crippen LogP contribution >= 0.6 is 15.9 Å². The molecule has 1 atom stereocenters. The number of hydrogen-bond acceptors (Lipinski definition) is 2. The Morgan fingerprint density at radius 2 is 1.95 bits per heavy atom. The van der Waals surface area contributed by atoms with Crippen molar-refractivity contribution >= 4 is 15.9 Å². The fraction of sp³-hybridized carbons (Fsp3) is 0.538. The molecule has 2 nitrogen and oxygen atoms in total. The summed E-state index contributed by atoms with van der Waals surface area (Å²) in [5.41, 5.74) is -0.117. The second-order valence-corrected chi connectivity index (χ2v) is 5.31. The monoisotopic (exact) mass is 339 g/mol. The van der Waals surface area contributed by atoms with E-state index in [1.54, 1.807) is 13.1 Å². The first-order valence-corrected chi connectivity index (χ1v) is 6.70. The van der Waals surface area contributed by atoms with Crippen LogP contribution in [0.15, 0.2) is 22.7 Å². The Balaban J connectivity index is 2.99. The van der Waals surface area contributed by atoms with Gasteiger partial charge in [0.15, 0.2) is 0 Å². The van der Waals surface area contributed by atoms with Gasteiger partial charge in [-0.15, -0.1) is 0 Å². The second kappa shape index (κ2) is 6.72. The number of hydrogen-bond donors (Lipinski definition) is 1. The highest BCUT2D eigenvalue weighted by molar-refractivity contribution is 9.10. The SMILES string of the molecule is CNC(COC(C)C)c1ccc(Br)c(C(F)(F)F)c1. The number of alkyl halides is 3. The lowest BCUT2D eigenvalue weighted by molar-refractivity contribution is -0.138. The lowest BCUT2D eigenvalue weighted by Gasteiger charge is -2.20. The van der Waals surface area contributed by atoms with Crippen molar-refractivity contribution in [3.63, 3.8) is 0 Å². The molecular weight excluding hydrogens is 323 g/mol. The molecule has 1 rings (SSSR count). The molecule has 0 aromatic heterocycles. The number of rotatable bonds is 5. The standard InChI is InChI=1S/C13H17BrF3NO/c1-8(2)19-7-12(18-3)9-4-5-11(14)10(6-9)13(15,16)17/h4-6,8,12,18H,7H2,1-3H3. The Morgan fingerprint density at radius 3 is 2.42 bits per heavy atom. The van der Waals surface area contributed by atoms with Crippen LogP contribution in [-0.2, 0) is 10.9 Å². The van der Waals surface area contributed by atoms with Crippen molar-refractivity contribution < 1.29 is 17.9 Å². The molecule has 0 spiro atoms. The van der Waals surface area contributed by atoms with Crippen LogP contribution in [-0.4, -0.2) is 19.8 Å². The predicted octanol–water partition coefficient (Wildman–Crippen LogP) is 4.15. The lowest BCUT2D eigenvalue weighted by Crippen LogP contribution is -2.24. The summed E-state index contributed by atoms with van der Waals surface area (Å²) >= 11 is 2.93. The largest absolute Gasteiger partial charge is 0.417 e. The van der Waals surface area contributed by atoms with Crippen LogP contribution in [0.1, 0.15) is 31.0 Å². The highest BCUT2D eigenvalue weighted by atomic mass is 79.9. The number of ether oxygens (including phenoxy) is 1. The summed E-state index contributed by atoms with van der Waals surface area (Å²) in [6.07, 6.45) is -4.33. The smallest absolute Gasteiger partial charge is 0.377 e. The molecule has 1 unspecified atom stereocenters. The van der Waals surface area contributed by atoms with Crippen LogP contribution in [0.2, 0.25) is 0 Å². The van der Waals surface area contributed by atoms with Gasteiger partial charge in [-0.25, -0.2) is 0 Å². The van der Waals surface area contributed by atoms with Gasteiger partial charge in [0.05, 0.1) is 24.3 Å². The van der Waals surface area contributed by atoms with Gasteiger partial charge in [0.25, 0.3) is 0 Å². The van der Waals surface area contributed by atoms with Gasteiger partial charge < -0.3 is 10.1 Å². The Kier molecular flexibility index (Phi) is 5.82. The molecule has 0 saturated heterocycles. The summed E-state index contributed by atoms with van der Waals surface area (Å²) in [5.74, 6) is 0. The molecular formula is C13H17BrF3NO. The third-order valence-corrected chi connectivity index (χ3v) is 3.33. The molecule has 108 valence electrons. The molecule has 19 heavy (non-hydrogen) atoms. The van der Waals surface area contributed by atoms with Gasteiger partial charge in [0.1, 0.15) is 0 Å². The molecule has 0 aliphatic heterocycles. The van der Waals surface area contributed by atoms with E-state index in [2.05, 4.69) is 21.2 Å². The van der Waals surface area contributed by atoms with Gasteiger partial charge in [-0.1, -0.05) is 22.0 Å². The fourth-order valence-corrected chi connectivity index (χ4v) is 2.08. The highest BCUT2D eigenvalue weighted by Crippen LogP contribution is 2.36. The average Bonchev–Trinajstić information content (AvgIpc) is 2.29. The lowest BCUT2D eigenvalue weighted by atomic mass is 10.0. The molecule has 0 saturated carbocycles. The number of nitrogens with one attached hydrogen (secondary N) is 1. The van der Waals surface area contributed by atoms with E-state index in [9.17, 15) is 13.2 Å². The van der Waals surface area contributed by atoms with Crippen LogP contribution in [0.3, 0.4) is 0 Å². The first-order valence-electron chi connectivity index (χ1n) is 5.91. The maximum absolute atomic E-state index is 12.8. The van der Waals surface area contributed by atoms with Crippen LogP contribution in [0, 0.1) is 0 Å². The summed E-state index contributed by atoms with van der Waals surface area (Å²) in [5, 5.41) is 2.96. The van der Waals surface area contributed by atoms with Crippen LogP contribution in [0.25, 0.3) is 0 Å². The summed E-state index contributed by atoms with van der Waals surface area (Å²) in [6, 6.07) is 3.95. The topological polar surface area (TPSA) is 21.3 Å². The minimum Gasteiger partial charge on any atom is -0.377 e. The van der Waals surface area contributed by atoms with Gasteiger partial charge in [0.2, 0.25) is 0 Å². The third kappa shape index (κ3) is 4.78. The Labute approximate surface area is 119 Å². The molecule has 6 heteroatoms. The molecule has 0 bridgehead atoms. The van der Waals surface area contributed by atoms with E-state index in [1.807, 2.05) is 13.8 Å². The summed E-state index contributed by atoms with van der Waals surface area (Å²) < 4.78 is 44.0. The molecule has 0 fully saturated rings. The van der Waals surface area contributed by atoms with Gasteiger partial charge in [0, 0.05) is 4.47 Å². The summed E-state index contributed by atoms with van der Waals surface area (Å²) in [4.78, 5) is 0. The molecule has 0 aliphatic rings. The molecule has 0 radical (unpaired) electrons. The zero-order valence-corrected chi connectivity index (χ0v) is 12.6. The van der Waals surface area contributed by atoms with Crippen LogP contribution in [0.5, 0.6) is 0 Å². The van der Waals surface area contributed by atoms with Crippen molar-refractivity contribution in [2.45, 2.75) is 32.2 Å². The average molecular weight is 340 g/mol. The fourth-order valence-electron chi connectivity index (χ4n) is 1.61. The quantitative estimate of drug-likeness (QED) is 0.869. The first kappa shape index (κ1) is 16.5. The van der Waals surface area contributed by atoms with E-state index in [0.29, 0.717) is 12.2 Å². The number of likely N-dealkylation sites (N-methyl/N-ethyl adjacent to an activating group) is 1. The van der Waals surface area contributed by atoms with E-state index in [1.165, 1.54) is 6.07 Å². The van der Waals surface area contributed by atoms with Crippen molar-refractivity contribution in [3.8, 4) is 0 Å². The molecule has 1 N–H and O–H groups in total. The van der Waals surface area contributed by atoms with Crippen molar-refractivity contribution in [2.75, 3.05) is 13.7 Å². The maximum atomic E-state index is 12.8. The van der Waals surface area contributed by atoms with Crippen molar-refractivity contribution in [3.05, 3.63) is 33.8 Å². The normalized spacial score (nSPS) is 13.9. The van der Waals surface area contributed by atoms with E-state index >= 15 is 0 Å². The first-order chi connectivity index (χ1) is 8.75. The maximum Gasteiger partial charge on any atom is 0.417 e. The zero-order valence-electron chi connectivity index (χ0n) is 11.0. The molecule has 0 heterocycles. The van der Waals surface area contributed by atoms with E-state index < -0.39 is 11.7 Å². The summed E-state index contributed by atoms with van der Waals surface area (Å²) in [7, 11) is 1.70. The van der Waals surface area contributed by atoms with Gasteiger partial charge in [-0.2, -0.15) is 13.2 Å². The minimum absolute atomic E-state index is 0.0355.